The first-order valence-corrected chi connectivity index (χ1v) is 7.31. The number of hydrogen-bond donors (Lipinski definition) is 0. The Bertz CT molecular complexity index is 271. The summed E-state index contributed by atoms with van der Waals surface area (Å²) in [5, 5.41) is 8.91. The molecule has 0 aromatic carbocycles. The van der Waals surface area contributed by atoms with Crippen LogP contribution in [-0.2, 0) is 0 Å². The van der Waals surface area contributed by atoms with Crippen molar-refractivity contribution in [3.8, 4) is 6.07 Å². The van der Waals surface area contributed by atoms with Crippen molar-refractivity contribution in [1.29, 1.82) is 5.26 Å². The fourth-order valence-electron chi connectivity index (χ4n) is 3.51. The van der Waals surface area contributed by atoms with Crippen LogP contribution in [0.4, 0.5) is 0 Å². The van der Waals surface area contributed by atoms with Crippen LogP contribution in [0.3, 0.4) is 0 Å². The van der Waals surface area contributed by atoms with Crippen LogP contribution >= 0.6 is 0 Å². The lowest BCUT2D eigenvalue weighted by atomic mass is 9.77. The zero-order valence-electron chi connectivity index (χ0n) is 11.4. The van der Waals surface area contributed by atoms with Crippen LogP contribution in [0.1, 0.15) is 46.0 Å². The summed E-state index contributed by atoms with van der Waals surface area (Å²) in [4.78, 5) is 2.52. The zero-order valence-corrected chi connectivity index (χ0v) is 11.4. The van der Waals surface area contributed by atoms with Crippen LogP contribution < -0.4 is 0 Å². The largest absolute Gasteiger partial charge is 0.302 e. The third-order valence-corrected chi connectivity index (χ3v) is 4.81. The van der Waals surface area contributed by atoms with Crippen molar-refractivity contribution in [3.63, 3.8) is 0 Å². The second-order valence-corrected chi connectivity index (χ2v) is 6.40. The minimum absolute atomic E-state index is 0.307. The number of hydrogen-bond acceptors (Lipinski definition) is 2. The number of nitriles is 1. The fourth-order valence-corrected chi connectivity index (χ4v) is 3.51. The summed E-state index contributed by atoms with van der Waals surface area (Å²) >= 11 is 0. The van der Waals surface area contributed by atoms with E-state index >= 15 is 0 Å². The SMILES string of the molecule is CC(C)[C@H]1CC[C@H](CN2CC[C@H](C#N)C2)CC1. The van der Waals surface area contributed by atoms with Crippen LogP contribution in [0.15, 0.2) is 0 Å². The summed E-state index contributed by atoms with van der Waals surface area (Å²) in [6.07, 6.45) is 6.78. The maximum absolute atomic E-state index is 8.91. The Hall–Kier alpha value is -0.550. The molecule has 0 N–H and O–H groups in total. The van der Waals surface area contributed by atoms with Crippen LogP contribution in [-0.4, -0.2) is 24.5 Å². The van der Waals surface area contributed by atoms with Crippen molar-refractivity contribution in [2.45, 2.75) is 46.0 Å². The molecule has 1 saturated heterocycles. The van der Waals surface area contributed by atoms with Crippen molar-refractivity contribution in [2.75, 3.05) is 19.6 Å². The van der Waals surface area contributed by atoms with Crippen LogP contribution in [0.2, 0.25) is 0 Å². The fraction of sp³-hybridized carbons (Fsp3) is 0.933. The molecule has 0 unspecified atom stereocenters. The van der Waals surface area contributed by atoms with E-state index in [1.165, 1.54) is 32.2 Å². The molecule has 2 rings (SSSR count). The monoisotopic (exact) mass is 234 g/mol. The average Bonchev–Trinajstić information content (AvgIpc) is 2.77. The van der Waals surface area contributed by atoms with Gasteiger partial charge in [-0.25, -0.2) is 0 Å². The van der Waals surface area contributed by atoms with Gasteiger partial charge in [-0.3, -0.25) is 0 Å². The molecule has 1 saturated carbocycles. The molecule has 17 heavy (non-hydrogen) atoms. The molecule has 1 atom stereocenters. The third-order valence-electron chi connectivity index (χ3n) is 4.81. The van der Waals surface area contributed by atoms with Gasteiger partial charge in [0, 0.05) is 13.1 Å². The van der Waals surface area contributed by atoms with E-state index in [9.17, 15) is 0 Å². The van der Waals surface area contributed by atoms with Gasteiger partial charge in [0.15, 0.2) is 0 Å². The van der Waals surface area contributed by atoms with Crippen molar-refractivity contribution in [1.82, 2.24) is 4.90 Å². The normalized spacial score (nSPS) is 35.1. The smallest absolute Gasteiger partial charge is 0.0669 e. The van der Waals surface area contributed by atoms with Crippen LogP contribution in [0, 0.1) is 35.0 Å². The van der Waals surface area contributed by atoms with Crippen molar-refractivity contribution in [3.05, 3.63) is 0 Å². The first kappa shape index (κ1) is 12.9. The Kier molecular flexibility index (Phi) is 4.45. The Labute approximate surface area is 106 Å². The maximum atomic E-state index is 8.91. The predicted octanol–water partition coefficient (Wildman–Crippen LogP) is 3.29. The number of likely N-dealkylation sites (tertiary alicyclic amines) is 1. The molecule has 1 aliphatic heterocycles. The lowest BCUT2D eigenvalue weighted by Crippen LogP contribution is -2.30. The second-order valence-electron chi connectivity index (χ2n) is 6.40. The Balaban J connectivity index is 1.70. The topological polar surface area (TPSA) is 27.0 Å². The molecule has 0 aromatic rings. The van der Waals surface area contributed by atoms with Crippen molar-refractivity contribution in [2.24, 2.45) is 23.7 Å². The molecule has 0 aromatic heterocycles. The van der Waals surface area contributed by atoms with Gasteiger partial charge in [0.1, 0.15) is 0 Å². The summed E-state index contributed by atoms with van der Waals surface area (Å²) in [6.45, 7) is 8.16. The third kappa shape index (κ3) is 3.45. The van der Waals surface area contributed by atoms with E-state index in [1.807, 2.05) is 0 Å². The highest BCUT2D eigenvalue weighted by atomic mass is 15.1. The first-order valence-electron chi connectivity index (χ1n) is 7.31. The van der Waals surface area contributed by atoms with Crippen molar-refractivity contribution >= 4 is 0 Å². The standard InChI is InChI=1S/C15H26N2/c1-12(2)15-5-3-13(4-6-15)10-17-8-7-14(9-16)11-17/h12-15H,3-8,10-11H2,1-2H3/t13-,14-,15-/m1/s1. The van der Waals surface area contributed by atoms with Gasteiger partial charge in [0.25, 0.3) is 0 Å². The Morgan fingerprint density at radius 2 is 1.88 bits per heavy atom. The molecule has 2 heteroatoms. The molecule has 2 nitrogen and oxygen atoms in total. The maximum Gasteiger partial charge on any atom is 0.0669 e. The lowest BCUT2D eigenvalue weighted by Gasteiger charge is -2.33. The number of rotatable bonds is 3. The predicted molar refractivity (Wildman–Crippen MR) is 70.4 cm³/mol. The molecule has 0 radical (unpaired) electrons. The quantitative estimate of drug-likeness (QED) is 0.749. The van der Waals surface area contributed by atoms with E-state index in [4.69, 9.17) is 5.26 Å². The lowest BCUT2D eigenvalue weighted by molar-refractivity contribution is 0.178. The molecule has 96 valence electrons. The summed E-state index contributed by atoms with van der Waals surface area (Å²) < 4.78 is 0. The Morgan fingerprint density at radius 1 is 1.18 bits per heavy atom. The number of nitrogens with zero attached hydrogens (tertiary/aromatic N) is 2. The highest BCUT2D eigenvalue weighted by Gasteiger charge is 2.27. The average molecular weight is 234 g/mol. The van der Waals surface area contributed by atoms with E-state index in [0.29, 0.717) is 5.92 Å². The summed E-state index contributed by atoms with van der Waals surface area (Å²) in [7, 11) is 0. The molecule has 0 amide bonds. The second kappa shape index (κ2) is 5.87. The van der Waals surface area contributed by atoms with E-state index in [-0.39, 0.29) is 0 Å². The molecular formula is C15H26N2. The first-order chi connectivity index (χ1) is 8.19. The molecule has 2 fully saturated rings. The van der Waals surface area contributed by atoms with E-state index in [0.717, 1.165) is 37.3 Å². The van der Waals surface area contributed by atoms with Gasteiger partial charge in [0.2, 0.25) is 0 Å². The van der Waals surface area contributed by atoms with Gasteiger partial charge >= 0.3 is 0 Å². The summed E-state index contributed by atoms with van der Waals surface area (Å²) in [6, 6.07) is 2.41. The van der Waals surface area contributed by atoms with E-state index < -0.39 is 0 Å². The van der Waals surface area contributed by atoms with Gasteiger partial charge in [-0.05, 0) is 56.4 Å². The Morgan fingerprint density at radius 3 is 2.41 bits per heavy atom. The molecule has 0 spiro atoms. The van der Waals surface area contributed by atoms with Gasteiger partial charge in [-0.15, -0.1) is 0 Å². The molecule has 1 heterocycles. The van der Waals surface area contributed by atoms with Crippen LogP contribution in [0.25, 0.3) is 0 Å². The highest BCUT2D eigenvalue weighted by molar-refractivity contribution is 4.91. The van der Waals surface area contributed by atoms with Gasteiger partial charge in [0.05, 0.1) is 12.0 Å². The van der Waals surface area contributed by atoms with E-state index in [1.54, 1.807) is 0 Å². The summed E-state index contributed by atoms with van der Waals surface area (Å²) in [5.41, 5.74) is 0. The molecule has 0 bridgehead atoms. The van der Waals surface area contributed by atoms with E-state index in [2.05, 4.69) is 24.8 Å². The molecule has 1 aliphatic carbocycles. The minimum Gasteiger partial charge on any atom is -0.302 e. The van der Waals surface area contributed by atoms with Gasteiger partial charge < -0.3 is 4.90 Å². The molecular weight excluding hydrogens is 208 g/mol. The van der Waals surface area contributed by atoms with Crippen LogP contribution in [0.5, 0.6) is 0 Å². The summed E-state index contributed by atoms with van der Waals surface area (Å²) in [5.74, 6) is 3.05. The van der Waals surface area contributed by atoms with Gasteiger partial charge in [-0.2, -0.15) is 5.26 Å². The highest BCUT2D eigenvalue weighted by Crippen LogP contribution is 2.34. The minimum atomic E-state index is 0.307. The molecule has 2 aliphatic rings. The zero-order chi connectivity index (χ0) is 12.3. The van der Waals surface area contributed by atoms with Gasteiger partial charge in [-0.1, -0.05) is 13.8 Å². The van der Waals surface area contributed by atoms with Crippen molar-refractivity contribution < 1.29 is 0 Å².